The van der Waals surface area contributed by atoms with Crippen molar-refractivity contribution in [1.29, 1.82) is 0 Å². The lowest BCUT2D eigenvalue weighted by Crippen LogP contribution is -2.29. The van der Waals surface area contributed by atoms with E-state index in [2.05, 4.69) is 5.32 Å². The largest absolute Gasteiger partial charge is 0.326 e. The van der Waals surface area contributed by atoms with Gasteiger partial charge in [0, 0.05) is 18.7 Å². The second-order valence-electron chi connectivity index (χ2n) is 4.80. The van der Waals surface area contributed by atoms with Gasteiger partial charge in [0.25, 0.3) is 0 Å². The average molecular weight is 311 g/mol. The van der Waals surface area contributed by atoms with Crippen molar-refractivity contribution in [3.05, 3.63) is 29.8 Å². The maximum atomic E-state index is 11.6. The quantitative estimate of drug-likeness (QED) is 0.832. The Morgan fingerprint density at radius 1 is 1.43 bits per heavy atom. The van der Waals surface area contributed by atoms with Gasteiger partial charge in [-0.25, -0.2) is 4.72 Å². The molecule has 0 aliphatic carbocycles. The molecule has 0 atom stereocenters. The molecule has 2 rings (SSSR count). The van der Waals surface area contributed by atoms with E-state index in [4.69, 9.17) is 0 Å². The Morgan fingerprint density at radius 3 is 2.81 bits per heavy atom. The third kappa shape index (κ3) is 4.02. The topological polar surface area (TPSA) is 95.6 Å². The maximum Gasteiger partial charge on any atom is 0.304 e. The van der Waals surface area contributed by atoms with Gasteiger partial charge in [0.1, 0.15) is 0 Å². The van der Waals surface area contributed by atoms with E-state index in [9.17, 15) is 18.0 Å². The minimum atomic E-state index is -3.73. The second-order valence-corrected chi connectivity index (χ2v) is 6.47. The number of carbonyl (C=O) groups is 2. The third-order valence-corrected chi connectivity index (χ3v) is 4.37. The van der Waals surface area contributed by atoms with Crippen LogP contribution in [0, 0.1) is 0 Å². The molecule has 2 amide bonds. The fraction of sp³-hybridized carbons (Fsp3) is 0.385. The van der Waals surface area contributed by atoms with Gasteiger partial charge in [-0.3, -0.25) is 9.59 Å². The molecule has 1 heterocycles. The van der Waals surface area contributed by atoms with Crippen LogP contribution in [-0.2, 0) is 26.3 Å². The Kier molecular flexibility index (Phi) is 4.59. The first-order chi connectivity index (χ1) is 9.90. The first kappa shape index (κ1) is 15.5. The Labute approximate surface area is 123 Å². The molecule has 1 aromatic rings. The lowest BCUT2D eigenvalue weighted by molar-refractivity contribution is -0.118. The van der Waals surface area contributed by atoms with E-state index in [1.54, 1.807) is 24.3 Å². The summed E-state index contributed by atoms with van der Waals surface area (Å²) < 4.78 is 26.3. The Bertz CT molecular complexity index is 657. The average Bonchev–Trinajstić information content (AvgIpc) is 2.62. The zero-order chi connectivity index (χ0) is 15.5. The molecular weight excluding hydrogens is 294 g/mol. The SMILES string of the molecule is CCCC(=O)Nc1cccc(CN2CC(=O)NS2(=O)=O)c1. The first-order valence-electron chi connectivity index (χ1n) is 6.60. The van der Waals surface area contributed by atoms with Gasteiger partial charge in [-0.05, 0) is 24.1 Å². The van der Waals surface area contributed by atoms with Crippen molar-refractivity contribution in [2.24, 2.45) is 0 Å². The zero-order valence-electron chi connectivity index (χ0n) is 11.6. The maximum absolute atomic E-state index is 11.6. The van der Waals surface area contributed by atoms with E-state index >= 15 is 0 Å². The summed E-state index contributed by atoms with van der Waals surface area (Å²) in [6.45, 7) is 1.81. The van der Waals surface area contributed by atoms with Crippen molar-refractivity contribution in [3.63, 3.8) is 0 Å². The number of hydrogen-bond acceptors (Lipinski definition) is 4. The molecule has 0 aromatic heterocycles. The first-order valence-corrected chi connectivity index (χ1v) is 8.04. The highest BCUT2D eigenvalue weighted by Gasteiger charge is 2.33. The number of anilines is 1. The van der Waals surface area contributed by atoms with Gasteiger partial charge in [0.15, 0.2) is 0 Å². The van der Waals surface area contributed by atoms with Gasteiger partial charge in [-0.2, -0.15) is 12.7 Å². The normalized spacial score (nSPS) is 17.5. The molecule has 2 N–H and O–H groups in total. The molecule has 1 aromatic carbocycles. The van der Waals surface area contributed by atoms with Crippen LogP contribution in [0.25, 0.3) is 0 Å². The summed E-state index contributed by atoms with van der Waals surface area (Å²) in [5.41, 5.74) is 1.31. The predicted molar refractivity (Wildman–Crippen MR) is 77.5 cm³/mol. The molecule has 0 spiro atoms. The van der Waals surface area contributed by atoms with E-state index < -0.39 is 16.1 Å². The summed E-state index contributed by atoms with van der Waals surface area (Å²) in [6.07, 6.45) is 1.19. The highest BCUT2D eigenvalue weighted by molar-refractivity contribution is 7.88. The van der Waals surface area contributed by atoms with Crippen molar-refractivity contribution >= 4 is 27.7 Å². The van der Waals surface area contributed by atoms with Crippen LogP contribution < -0.4 is 10.0 Å². The van der Waals surface area contributed by atoms with E-state index in [1.807, 2.05) is 11.6 Å². The summed E-state index contributed by atoms with van der Waals surface area (Å²) >= 11 is 0. The van der Waals surface area contributed by atoms with Crippen LogP contribution in [0.3, 0.4) is 0 Å². The predicted octanol–water partition coefficient (Wildman–Crippen LogP) is 0.602. The molecule has 1 aliphatic heterocycles. The standard InChI is InChI=1S/C13H17N3O4S/c1-2-4-12(17)14-11-6-3-5-10(7-11)8-16-9-13(18)15-21(16,19)20/h3,5-7H,2,4,8-9H2,1H3,(H,14,17)(H,15,18). The molecule has 21 heavy (non-hydrogen) atoms. The van der Waals surface area contributed by atoms with Crippen LogP contribution >= 0.6 is 0 Å². The van der Waals surface area contributed by atoms with Gasteiger partial charge in [0.05, 0.1) is 6.54 Å². The van der Waals surface area contributed by atoms with Crippen LogP contribution in [0.4, 0.5) is 5.69 Å². The number of carbonyl (C=O) groups excluding carboxylic acids is 2. The van der Waals surface area contributed by atoms with Crippen LogP contribution in [0.15, 0.2) is 24.3 Å². The third-order valence-electron chi connectivity index (χ3n) is 2.95. The Hall–Kier alpha value is -1.93. The molecule has 8 heteroatoms. The summed E-state index contributed by atoms with van der Waals surface area (Å²) in [7, 11) is -3.73. The molecule has 1 aliphatic rings. The lowest BCUT2D eigenvalue weighted by Gasteiger charge is -2.13. The molecule has 0 bridgehead atoms. The van der Waals surface area contributed by atoms with Gasteiger partial charge in [-0.1, -0.05) is 19.1 Å². The van der Waals surface area contributed by atoms with Crippen LogP contribution in [0.5, 0.6) is 0 Å². The van der Waals surface area contributed by atoms with E-state index in [0.717, 1.165) is 10.7 Å². The van der Waals surface area contributed by atoms with Crippen molar-refractivity contribution in [2.45, 2.75) is 26.3 Å². The summed E-state index contributed by atoms with van der Waals surface area (Å²) in [5, 5.41) is 2.75. The molecule has 0 saturated carbocycles. The van der Waals surface area contributed by atoms with Crippen LogP contribution in [-0.4, -0.2) is 31.1 Å². The number of benzene rings is 1. The number of nitrogens with zero attached hydrogens (tertiary/aromatic N) is 1. The van der Waals surface area contributed by atoms with Gasteiger partial charge in [-0.15, -0.1) is 0 Å². The molecule has 1 fully saturated rings. The molecule has 1 saturated heterocycles. The molecule has 0 radical (unpaired) electrons. The number of amides is 2. The zero-order valence-corrected chi connectivity index (χ0v) is 12.4. The van der Waals surface area contributed by atoms with E-state index in [1.165, 1.54) is 0 Å². The monoisotopic (exact) mass is 311 g/mol. The van der Waals surface area contributed by atoms with Crippen molar-refractivity contribution in [2.75, 3.05) is 11.9 Å². The smallest absolute Gasteiger partial charge is 0.304 e. The van der Waals surface area contributed by atoms with E-state index in [0.29, 0.717) is 17.7 Å². The number of nitrogens with one attached hydrogen (secondary N) is 2. The fourth-order valence-electron chi connectivity index (χ4n) is 2.03. The fourth-order valence-corrected chi connectivity index (χ4v) is 3.12. The van der Waals surface area contributed by atoms with Crippen LogP contribution in [0.2, 0.25) is 0 Å². The summed E-state index contributed by atoms with van der Waals surface area (Å²) in [4.78, 5) is 22.7. The van der Waals surface area contributed by atoms with E-state index in [-0.39, 0.29) is 19.0 Å². The van der Waals surface area contributed by atoms with Gasteiger partial charge >= 0.3 is 10.2 Å². The molecule has 0 unspecified atom stereocenters. The van der Waals surface area contributed by atoms with Crippen molar-refractivity contribution < 1.29 is 18.0 Å². The minimum Gasteiger partial charge on any atom is -0.326 e. The highest BCUT2D eigenvalue weighted by Crippen LogP contribution is 2.16. The van der Waals surface area contributed by atoms with Crippen molar-refractivity contribution in [3.8, 4) is 0 Å². The van der Waals surface area contributed by atoms with Crippen LogP contribution in [0.1, 0.15) is 25.3 Å². The van der Waals surface area contributed by atoms with Gasteiger partial charge in [0.2, 0.25) is 11.8 Å². The Balaban J connectivity index is 2.08. The summed E-state index contributed by atoms with van der Waals surface area (Å²) in [5.74, 6) is -0.623. The summed E-state index contributed by atoms with van der Waals surface area (Å²) in [6, 6.07) is 6.91. The lowest BCUT2D eigenvalue weighted by atomic mass is 10.2. The molecule has 114 valence electrons. The van der Waals surface area contributed by atoms with Crippen molar-refractivity contribution in [1.82, 2.24) is 9.03 Å². The number of rotatable bonds is 5. The van der Waals surface area contributed by atoms with Gasteiger partial charge < -0.3 is 5.32 Å². The molecular formula is C13H17N3O4S. The Morgan fingerprint density at radius 2 is 2.19 bits per heavy atom. The molecule has 7 nitrogen and oxygen atoms in total. The minimum absolute atomic E-state index is 0.0819. The second kappa shape index (κ2) is 6.23. The highest BCUT2D eigenvalue weighted by atomic mass is 32.2. The number of hydrogen-bond donors (Lipinski definition) is 2.